The maximum absolute atomic E-state index is 13.2. The summed E-state index contributed by atoms with van der Waals surface area (Å²) in [4.78, 5) is 14.5. The Morgan fingerprint density at radius 1 is 1.29 bits per heavy atom. The monoisotopic (exact) mass is 403 g/mol. The Bertz CT molecular complexity index is 1020. The van der Waals surface area contributed by atoms with Crippen LogP contribution in [0.25, 0.3) is 0 Å². The lowest BCUT2D eigenvalue weighted by molar-refractivity contribution is -0.0981. The van der Waals surface area contributed by atoms with E-state index in [4.69, 9.17) is 9.26 Å². The van der Waals surface area contributed by atoms with Crippen molar-refractivity contribution in [2.75, 3.05) is 19.6 Å². The lowest BCUT2D eigenvalue weighted by atomic mass is 9.99. The second-order valence-corrected chi connectivity index (χ2v) is 9.95. The molecule has 1 amide bonds. The molecule has 28 heavy (non-hydrogen) atoms. The zero-order chi connectivity index (χ0) is 19.5. The summed E-state index contributed by atoms with van der Waals surface area (Å²) in [6.45, 7) is 2.91. The van der Waals surface area contributed by atoms with Crippen LogP contribution in [0.4, 0.5) is 0 Å². The van der Waals surface area contributed by atoms with Crippen LogP contribution in [0, 0.1) is 6.92 Å². The number of hydrogen-bond acceptors (Lipinski definition) is 6. The predicted octanol–water partition coefficient (Wildman–Crippen LogP) is 1.18. The minimum atomic E-state index is -3.50. The van der Waals surface area contributed by atoms with Crippen LogP contribution in [0.3, 0.4) is 0 Å². The van der Waals surface area contributed by atoms with Crippen molar-refractivity contribution in [3.8, 4) is 0 Å². The molecule has 3 saturated heterocycles. The van der Waals surface area contributed by atoms with Gasteiger partial charge in [-0.25, -0.2) is 8.42 Å². The van der Waals surface area contributed by atoms with Crippen LogP contribution in [0.5, 0.6) is 0 Å². The van der Waals surface area contributed by atoms with Gasteiger partial charge in [0.1, 0.15) is 16.6 Å². The largest absolute Gasteiger partial charge is 0.365 e. The van der Waals surface area contributed by atoms with Crippen LogP contribution < -0.4 is 0 Å². The highest BCUT2D eigenvalue weighted by molar-refractivity contribution is 7.90. The Labute approximate surface area is 163 Å². The number of fused-ring (bicyclic) bond motifs is 1. The summed E-state index contributed by atoms with van der Waals surface area (Å²) < 4.78 is 39.0. The Kier molecular flexibility index (Phi) is 3.91. The lowest BCUT2D eigenvalue weighted by Crippen LogP contribution is -2.56. The number of rotatable bonds is 3. The highest BCUT2D eigenvalue weighted by Crippen LogP contribution is 2.47. The fourth-order valence-corrected chi connectivity index (χ4v) is 6.95. The smallest absolute Gasteiger partial charge is 0.276 e. The van der Waals surface area contributed by atoms with E-state index in [1.54, 1.807) is 17.9 Å². The first-order valence-electron chi connectivity index (χ1n) is 9.31. The molecule has 4 heterocycles. The standard InChI is InChI=1S/C19H21N3O5S/c1-13-7-16(20-27-13)18(23)21-10-15-8-17-19(11-21,26-15)12-22(28(17,24)25)9-14-5-3-2-4-6-14/h2-7,15,17H,8-12H2,1H3/t15-,17+,19+/m0/s1. The normalized spacial score (nSPS) is 31.1. The number of amides is 1. The second kappa shape index (κ2) is 6.13. The van der Waals surface area contributed by atoms with Crippen LogP contribution >= 0.6 is 0 Å². The summed E-state index contributed by atoms with van der Waals surface area (Å²) >= 11 is 0. The highest BCUT2D eigenvalue weighted by Gasteiger charge is 2.65. The molecule has 2 aromatic rings. The zero-order valence-corrected chi connectivity index (χ0v) is 16.3. The van der Waals surface area contributed by atoms with Gasteiger partial charge in [0.15, 0.2) is 5.69 Å². The zero-order valence-electron chi connectivity index (χ0n) is 15.4. The van der Waals surface area contributed by atoms with Gasteiger partial charge in [-0.2, -0.15) is 4.31 Å². The number of nitrogens with zero attached hydrogens (tertiary/aromatic N) is 3. The van der Waals surface area contributed by atoms with E-state index in [1.165, 1.54) is 4.31 Å². The van der Waals surface area contributed by atoms with E-state index in [-0.39, 0.29) is 30.8 Å². The molecule has 8 nitrogen and oxygen atoms in total. The lowest BCUT2D eigenvalue weighted by Gasteiger charge is -2.39. The summed E-state index contributed by atoms with van der Waals surface area (Å²) in [6, 6.07) is 11.1. The summed E-state index contributed by atoms with van der Waals surface area (Å²) in [7, 11) is -3.50. The summed E-state index contributed by atoms with van der Waals surface area (Å²) in [5, 5.41) is 3.19. The number of aryl methyl sites for hydroxylation is 1. The summed E-state index contributed by atoms with van der Waals surface area (Å²) in [5.41, 5.74) is 0.292. The first kappa shape index (κ1) is 17.8. The van der Waals surface area contributed by atoms with E-state index in [0.29, 0.717) is 25.3 Å². The van der Waals surface area contributed by atoms with Gasteiger partial charge in [0.25, 0.3) is 5.91 Å². The van der Waals surface area contributed by atoms with E-state index in [9.17, 15) is 13.2 Å². The Morgan fingerprint density at radius 2 is 2.07 bits per heavy atom. The van der Waals surface area contributed by atoms with E-state index in [1.807, 2.05) is 30.3 Å². The SMILES string of the molecule is Cc1cc(C(=O)N2C[C@@H]3C[C@@H]4[C@@](C2)(CN(Cc2ccccc2)S4(=O)=O)O3)no1. The van der Waals surface area contributed by atoms with E-state index in [2.05, 4.69) is 5.16 Å². The first-order chi connectivity index (χ1) is 13.4. The Balaban J connectivity index is 1.41. The molecular formula is C19H21N3O5S. The summed E-state index contributed by atoms with van der Waals surface area (Å²) in [5.74, 6) is 0.317. The van der Waals surface area contributed by atoms with E-state index in [0.717, 1.165) is 5.56 Å². The average Bonchev–Trinajstić information content (AvgIpc) is 3.27. The van der Waals surface area contributed by atoms with Gasteiger partial charge in [-0.15, -0.1) is 0 Å². The van der Waals surface area contributed by atoms with Crippen LogP contribution in [0.2, 0.25) is 0 Å². The molecule has 1 aromatic carbocycles. The number of carbonyl (C=O) groups is 1. The van der Waals surface area contributed by atoms with E-state index < -0.39 is 20.9 Å². The number of morpholine rings is 1. The number of carbonyl (C=O) groups excluding carboxylic acids is 1. The average molecular weight is 403 g/mol. The third-order valence-corrected chi connectivity index (χ3v) is 8.17. The van der Waals surface area contributed by atoms with Gasteiger partial charge in [-0.3, -0.25) is 4.79 Å². The van der Waals surface area contributed by atoms with Gasteiger partial charge in [-0.05, 0) is 18.9 Å². The minimum Gasteiger partial charge on any atom is -0.365 e. The van der Waals surface area contributed by atoms with Crippen LogP contribution in [0.1, 0.15) is 28.2 Å². The quantitative estimate of drug-likeness (QED) is 0.764. The van der Waals surface area contributed by atoms with Gasteiger partial charge in [0, 0.05) is 25.7 Å². The van der Waals surface area contributed by atoms with Crippen molar-refractivity contribution >= 4 is 15.9 Å². The van der Waals surface area contributed by atoms with Gasteiger partial charge < -0.3 is 14.2 Å². The van der Waals surface area contributed by atoms with Crippen LogP contribution in [0.15, 0.2) is 40.9 Å². The van der Waals surface area contributed by atoms with E-state index >= 15 is 0 Å². The number of aromatic nitrogens is 1. The first-order valence-corrected chi connectivity index (χ1v) is 10.8. The maximum Gasteiger partial charge on any atom is 0.276 e. The molecular weight excluding hydrogens is 382 g/mol. The minimum absolute atomic E-state index is 0.240. The highest BCUT2D eigenvalue weighted by atomic mass is 32.2. The van der Waals surface area contributed by atoms with Crippen molar-refractivity contribution in [3.05, 3.63) is 53.4 Å². The topological polar surface area (TPSA) is 93.0 Å². The molecule has 0 N–H and O–H groups in total. The number of likely N-dealkylation sites (tertiary alicyclic amines) is 1. The predicted molar refractivity (Wildman–Crippen MR) is 98.9 cm³/mol. The Hall–Kier alpha value is -2.23. The third kappa shape index (κ3) is 2.68. The fraction of sp³-hybridized carbons (Fsp3) is 0.474. The molecule has 0 unspecified atom stereocenters. The molecule has 1 aromatic heterocycles. The number of hydrogen-bond donors (Lipinski definition) is 0. The molecule has 3 aliphatic rings. The number of sulfonamides is 1. The molecule has 3 aliphatic heterocycles. The van der Waals surface area contributed by atoms with Crippen molar-refractivity contribution in [1.82, 2.24) is 14.4 Å². The molecule has 9 heteroatoms. The van der Waals surface area contributed by atoms with Crippen molar-refractivity contribution in [2.24, 2.45) is 0 Å². The molecule has 0 aliphatic carbocycles. The molecule has 0 saturated carbocycles. The van der Waals surface area contributed by atoms with Crippen molar-refractivity contribution in [3.63, 3.8) is 0 Å². The van der Waals surface area contributed by atoms with Crippen molar-refractivity contribution in [1.29, 1.82) is 0 Å². The molecule has 0 radical (unpaired) electrons. The fourth-order valence-electron chi connectivity index (χ4n) is 4.66. The molecule has 2 bridgehead atoms. The van der Waals surface area contributed by atoms with Crippen LogP contribution in [-0.4, -0.2) is 65.3 Å². The van der Waals surface area contributed by atoms with Crippen molar-refractivity contribution < 1.29 is 22.5 Å². The van der Waals surface area contributed by atoms with Crippen molar-refractivity contribution in [2.45, 2.75) is 36.8 Å². The van der Waals surface area contributed by atoms with Crippen LogP contribution in [-0.2, 0) is 21.3 Å². The van der Waals surface area contributed by atoms with Gasteiger partial charge in [-0.1, -0.05) is 35.5 Å². The molecule has 1 spiro atoms. The molecule has 3 atom stereocenters. The molecule has 148 valence electrons. The number of benzene rings is 1. The van der Waals surface area contributed by atoms with Gasteiger partial charge >= 0.3 is 0 Å². The van der Waals surface area contributed by atoms with Gasteiger partial charge in [0.2, 0.25) is 10.0 Å². The Morgan fingerprint density at radius 3 is 2.79 bits per heavy atom. The molecule has 5 rings (SSSR count). The number of ether oxygens (including phenoxy) is 1. The summed E-state index contributed by atoms with van der Waals surface area (Å²) in [6.07, 6.45) is 0.138. The third-order valence-electron chi connectivity index (χ3n) is 5.85. The molecule has 3 fully saturated rings. The maximum atomic E-state index is 13.2. The van der Waals surface area contributed by atoms with Gasteiger partial charge in [0.05, 0.1) is 12.6 Å². The second-order valence-electron chi connectivity index (χ2n) is 7.84.